The molecule has 2 aliphatic heterocycles. The second-order valence-corrected chi connectivity index (χ2v) is 7.44. The highest BCUT2D eigenvalue weighted by Crippen LogP contribution is 2.28. The number of hydrogen-bond donors (Lipinski definition) is 2. The first-order valence-electron chi connectivity index (χ1n) is 10.5. The monoisotopic (exact) mass is 415 g/mol. The van der Waals surface area contributed by atoms with E-state index in [1.165, 1.54) is 12.8 Å². The molecule has 0 bridgehead atoms. The number of allylic oxidation sites excluding steroid dienone is 1. The standard InChI is InChI=1S/C22H29N3O5/c1-3-29-21(27)19-15(2)23-22(28)24-20(19)16-8-10-17(11-9-16)30-14-18(26)25-12-6-4-5-7-13-25/h8-11,20H,3-7,12-14H2,1-2H3,(H2,23,24,28). The molecule has 3 amide bonds. The summed E-state index contributed by atoms with van der Waals surface area (Å²) in [6.07, 6.45) is 4.42. The molecule has 0 spiro atoms. The number of ether oxygens (including phenoxy) is 2. The number of nitrogens with zero attached hydrogens (tertiary/aromatic N) is 1. The van der Waals surface area contributed by atoms with E-state index in [4.69, 9.17) is 9.47 Å². The summed E-state index contributed by atoms with van der Waals surface area (Å²) < 4.78 is 10.8. The van der Waals surface area contributed by atoms with Crippen LogP contribution in [0.4, 0.5) is 4.79 Å². The van der Waals surface area contributed by atoms with Crippen molar-refractivity contribution in [2.75, 3.05) is 26.3 Å². The Morgan fingerprint density at radius 3 is 2.40 bits per heavy atom. The number of urea groups is 1. The molecule has 1 saturated heterocycles. The van der Waals surface area contributed by atoms with E-state index in [0.717, 1.165) is 31.5 Å². The average molecular weight is 415 g/mol. The maximum Gasteiger partial charge on any atom is 0.338 e. The van der Waals surface area contributed by atoms with Gasteiger partial charge in [-0.25, -0.2) is 9.59 Å². The molecule has 2 N–H and O–H groups in total. The van der Waals surface area contributed by atoms with Crippen LogP contribution < -0.4 is 15.4 Å². The summed E-state index contributed by atoms with van der Waals surface area (Å²) in [6.45, 7) is 5.23. The highest BCUT2D eigenvalue weighted by atomic mass is 16.5. The summed E-state index contributed by atoms with van der Waals surface area (Å²) in [7, 11) is 0. The van der Waals surface area contributed by atoms with Crippen LogP contribution >= 0.6 is 0 Å². The summed E-state index contributed by atoms with van der Waals surface area (Å²) in [6, 6.07) is 6.01. The number of esters is 1. The topological polar surface area (TPSA) is 97.0 Å². The lowest BCUT2D eigenvalue weighted by atomic mass is 9.95. The van der Waals surface area contributed by atoms with Crippen LogP contribution in [0.2, 0.25) is 0 Å². The number of rotatable bonds is 6. The lowest BCUT2D eigenvalue weighted by Crippen LogP contribution is -2.45. The van der Waals surface area contributed by atoms with Gasteiger partial charge in [-0.05, 0) is 44.4 Å². The summed E-state index contributed by atoms with van der Waals surface area (Å²) in [4.78, 5) is 38.6. The first kappa shape index (κ1) is 21.7. The molecule has 0 aliphatic carbocycles. The van der Waals surface area contributed by atoms with Crippen LogP contribution in [0.3, 0.4) is 0 Å². The molecule has 0 saturated carbocycles. The largest absolute Gasteiger partial charge is 0.484 e. The Morgan fingerprint density at radius 2 is 1.77 bits per heavy atom. The molecule has 8 nitrogen and oxygen atoms in total. The van der Waals surface area contributed by atoms with E-state index in [2.05, 4.69) is 10.6 Å². The third-order valence-electron chi connectivity index (χ3n) is 5.30. The number of amides is 3. The van der Waals surface area contributed by atoms with Crippen molar-refractivity contribution in [3.8, 4) is 5.75 Å². The van der Waals surface area contributed by atoms with Crippen molar-refractivity contribution in [1.29, 1.82) is 0 Å². The van der Waals surface area contributed by atoms with Crippen LogP contribution in [-0.4, -0.2) is 49.1 Å². The lowest BCUT2D eigenvalue weighted by Gasteiger charge is -2.28. The van der Waals surface area contributed by atoms with E-state index >= 15 is 0 Å². The maximum absolute atomic E-state index is 12.4. The smallest absolute Gasteiger partial charge is 0.338 e. The zero-order chi connectivity index (χ0) is 21.5. The summed E-state index contributed by atoms with van der Waals surface area (Å²) in [5.74, 6) is 0.0752. The average Bonchev–Trinajstić information content (AvgIpc) is 3.01. The van der Waals surface area contributed by atoms with Crippen LogP contribution in [0.5, 0.6) is 5.75 Å². The molecule has 0 radical (unpaired) electrons. The summed E-state index contributed by atoms with van der Waals surface area (Å²) in [5, 5.41) is 5.37. The maximum atomic E-state index is 12.4. The van der Waals surface area contributed by atoms with Crippen LogP contribution in [-0.2, 0) is 14.3 Å². The van der Waals surface area contributed by atoms with Gasteiger partial charge in [-0.1, -0.05) is 25.0 Å². The fourth-order valence-electron chi connectivity index (χ4n) is 3.74. The number of carbonyl (C=O) groups is 3. The van der Waals surface area contributed by atoms with Crippen molar-refractivity contribution < 1.29 is 23.9 Å². The van der Waals surface area contributed by atoms with Crippen LogP contribution in [0.15, 0.2) is 35.5 Å². The quantitative estimate of drug-likeness (QED) is 0.697. The molecule has 1 fully saturated rings. The van der Waals surface area contributed by atoms with Gasteiger partial charge in [-0.3, -0.25) is 4.79 Å². The molecule has 2 heterocycles. The Kier molecular flexibility index (Phi) is 7.32. The lowest BCUT2D eigenvalue weighted by molar-refractivity contribution is -0.139. The zero-order valence-corrected chi connectivity index (χ0v) is 17.5. The number of hydrogen-bond acceptors (Lipinski definition) is 5. The molecule has 1 unspecified atom stereocenters. The highest BCUT2D eigenvalue weighted by Gasteiger charge is 2.32. The van der Waals surface area contributed by atoms with Crippen molar-refractivity contribution in [2.24, 2.45) is 0 Å². The first-order valence-corrected chi connectivity index (χ1v) is 10.5. The van der Waals surface area contributed by atoms with Gasteiger partial charge in [0.15, 0.2) is 6.61 Å². The molecule has 2 aliphatic rings. The molecule has 1 atom stereocenters. The van der Waals surface area contributed by atoms with Gasteiger partial charge in [-0.15, -0.1) is 0 Å². The summed E-state index contributed by atoms with van der Waals surface area (Å²) in [5.41, 5.74) is 1.55. The molecule has 8 heteroatoms. The predicted molar refractivity (Wildman–Crippen MR) is 111 cm³/mol. The minimum atomic E-state index is -0.620. The normalized spacial score (nSPS) is 19.5. The van der Waals surface area contributed by atoms with Crippen LogP contribution in [0, 0.1) is 0 Å². The molecular weight excluding hydrogens is 386 g/mol. The predicted octanol–water partition coefficient (Wildman–Crippen LogP) is 2.66. The summed E-state index contributed by atoms with van der Waals surface area (Å²) >= 11 is 0. The SMILES string of the molecule is CCOC(=O)C1=C(C)NC(=O)NC1c1ccc(OCC(=O)N2CCCCCC2)cc1. The van der Waals surface area contributed by atoms with Crippen molar-refractivity contribution in [3.63, 3.8) is 0 Å². The molecule has 1 aromatic rings. The van der Waals surface area contributed by atoms with Gasteiger partial charge in [0, 0.05) is 18.8 Å². The molecule has 0 aromatic heterocycles. The van der Waals surface area contributed by atoms with E-state index < -0.39 is 12.0 Å². The number of likely N-dealkylation sites (tertiary alicyclic amines) is 1. The van der Waals surface area contributed by atoms with Crippen LogP contribution in [0.1, 0.15) is 51.1 Å². The second-order valence-electron chi connectivity index (χ2n) is 7.44. The Labute approximate surface area is 176 Å². The van der Waals surface area contributed by atoms with Gasteiger partial charge in [0.05, 0.1) is 18.2 Å². The zero-order valence-electron chi connectivity index (χ0n) is 17.5. The van der Waals surface area contributed by atoms with Gasteiger partial charge >= 0.3 is 12.0 Å². The van der Waals surface area contributed by atoms with E-state index in [9.17, 15) is 14.4 Å². The third kappa shape index (κ3) is 5.31. The minimum Gasteiger partial charge on any atom is -0.484 e. The van der Waals surface area contributed by atoms with Gasteiger partial charge in [0.1, 0.15) is 5.75 Å². The Bertz CT molecular complexity index is 811. The van der Waals surface area contributed by atoms with E-state index in [0.29, 0.717) is 17.0 Å². The molecule has 3 rings (SSSR count). The van der Waals surface area contributed by atoms with Crippen LogP contribution in [0.25, 0.3) is 0 Å². The molecule has 1 aromatic carbocycles. The van der Waals surface area contributed by atoms with Gasteiger partial charge in [0.25, 0.3) is 5.91 Å². The fourth-order valence-corrected chi connectivity index (χ4v) is 3.74. The fraction of sp³-hybridized carbons (Fsp3) is 0.500. The molecular formula is C22H29N3O5. The minimum absolute atomic E-state index is 0.00345. The number of benzene rings is 1. The third-order valence-corrected chi connectivity index (χ3v) is 5.30. The van der Waals surface area contributed by atoms with Crippen molar-refractivity contribution in [1.82, 2.24) is 15.5 Å². The Hall–Kier alpha value is -3.03. The van der Waals surface area contributed by atoms with Crippen molar-refractivity contribution in [2.45, 2.75) is 45.6 Å². The van der Waals surface area contributed by atoms with Gasteiger partial charge in [-0.2, -0.15) is 0 Å². The highest BCUT2D eigenvalue weighted by molar-refractivity contribution is 5.95. The Morgan fingerprint density at radius 1 is 1.10 bits per heavy atom. The number of nitrogens with one attached hydrogen (secondary N) is 2. The van der Waals surface area contributed by atoms with Gasteiger partial charge in [0.2, 0.25) is 0 Å². The molecule has 162 valence electrons. The van der Waals surface area contributed by atoms with Crippen molar-refractivity contribution in [3.05, 3.63) is 41.1 Å². The van der Waals surface area contributed by atoms with E-state index in [-0.39, 0.29) is 25.2 Å². The van der Waals surface area contributed by atoms with Crippen molar-refractivity contribution >= 4 is 17.9 Å². The molecule has 30 heavy (non-hydrogen) atoms. The van der Waals surface area contributed by atoms with E-state index in [1.807, 2.05) is 4.90 Å². The van der Waals surface area contributed by atoms with Gasteiger partial charge < -0.3 is 25.0 Å². The first-order chi connectivity index (χ1) is 14.5. The second kappa shape index (κ2) is 10.1. The Balaban J connectivity index is 1.66. The number of carbonyl (C=O) groups excluding carboxylic acids is 3. The van der Waals surface area contributed by atoms with E-state index in [1.54, 1.807) is 38.1 Å².